The standard InChI is InChI=1S/C7H12N2O/c1-7(10)6-9(2)5-3-4-8/h3,5-6H2,1-2H3. The molecule has 0 radical (unpaired) electrons. The largest absolute Gasteiger partial charge is 0.299 e. The highest BCUT2D eigenvalue weighted by atomic mass is 16.1. The predicted octanol–water partition coefficient (Wildman–Crippen LogP) is 0.421. The highest BCUT2D eigenvalue weighted by molar-refractivity contribution is 5.77. The summed E-state index contributed by atoms with van der Waals surface area (Å²) in [7, 11) is 1.83. The van der Waals surface area contributed by atoms with Crippen LogP contribution in [0.2, 0.25) is 0 Å². The Balaban J connectivity index is 3.36. The number of hydrogen-bond acceptors (Lipinski definition) is 3. The van der Waals surface area contributed by atoms with E-state index in [4.69, 9.17) is 5.26 Å². The molecule has 0 atom stereocenters. The van der Waals surface area contributed by atoms with Gasteiger partial charge >= 0.3 is 0 Å². The molecule has 0 aliphatic rings. The van der Waals surface area contributed by atoms with Crippen molar-refractivity contribution < 1.29 is 4.79 Å². The lowest BCUT2D eigenvalue weighted by Crippen LogP contribution is -2.25. The van der Waals surface area contributed by atoms with Gasteiger partial charge in [0.05, 0.1) is 12.6 Å². The summed E-state index contributed by atoms with van der Waals surface area (Å²) in [5, 5.41) is 8.19. The molecular weight excluding hydrogens is 128 g/mol. The zero-order valence-electron chi connectivity index (χ0n) is 6.42. The summed E-state index contributed by atoms with van der Waals surface area (Å²) in [5.41, 5.74) is 0. The van der Waals surface area contributed by atoms with E-state index in [0.717, 1.165) is 0 Å². The molecule has 0 saturated heterocycles. The molecule has 0 aromatic heterocycles. The second-order valence-electron chi connectivity index (χ2n) is 2.35. The molecule has 0 heterocycles. The SMILES string of the molecule is CC(=O)CN(C)CCC#N. The Hall–Kier alpha value is -0.880. The maximum atomic E-state index is 10.5. The van der Waals surface area contributed by atoms with Crippen LogP contribution in [0.15, 0.2) is 0 Å². The predicted molar refractivity (Wildman–Crippen MR) is 38.4 cm³/mol. The first kappa shape index (κ1) is 9.12. The maximum Gasteiger partial charge on any atom is 0.143 e. The van der Waals surface area contributed by atoms with Crippen molar-refractivity contribution in [2.24, 2.45) is 0 Å². The van der Waals surface area contributed by atoms with E-state index in [9.17, 15) is 4.79 Å². The zero-order chi connectivity index (χ0) is 7.98. The number of nitrogens with zero attached hydrogens (tertiary/aromatic N) is 2. The number of Topliss-reactive ketones (excluding diaryl/α,β-unsaturated/α-hetero) is 1. The minimum Gasteiger partial charge on any atom is -0.299 e. The smallest absolute Gasteiger partial charge is 0.143 e. The molecule has 3 nitrogen and oxygen atoms in total. The van der Waals surface area contributed by atoms with Crippen molar-refractivity contribution in [2.45, 2.75) is 13.3 Å². The molecule has 0 spiro atoms. The zero-order valence-corrected chi connectivity index (χ0v) is 6.42. The van der Waals surface area contributed by atoms with Gasteiger partial charge in [0.25, 0.3) is 0 Å². The minimum absolute atomic E-state index is 0.139. The summed E-state index contributed by atoms with van der Waals surface area (Å²) in [6.07, 6.45) is 0.490. The number of carbonyl (C=O) groups excluding carboxylic acids is 1. The molecule has 56 valence electrons. The normalized spacial score (nSPS) is 9.40. The van der Waals surface area contributed by atoms with E-state index in [2.05, 4.69) is 0 Å². The van der Waals surface area contributed by atoms with Crippen molar-refractivity contribution in [3.63, 3.8) is 0 Å². The molecular formula is C7H12N2O. The number of rotatable bonds is 4. The highest BCUT2D eigenvalue weighted by Crippen LogP contribution is 1.85. The number of likely N-dealkylation sites (N-methyl/N-ethyl adjacent to an activating group) is 1. The molecule has 0 aromatic rings. The Morgan fingerprint density at radius 1 is 1.70 bits per heavy atom. The Kier molecular flexibility index (Phi) is 4.51. The lowest BCUT2D eigenvalue weighted by Gasteiger charge is -2.11. The van der Waals surface area contributed by atoms with E-state index < -0.39 is 0 Å². The van der Waals surface area contributed by atoms with Crippen LogP contribution < -0.4 is 0 Å². The molecule has 0 aromatic carbocycles. The summed E-state index contributed by atoms with van der Waals surface area (Å²) in [6, 6.07) is 2.02. The average Bonchev–Trinajstić information content (AvgIpc) is 1.82. The third kappa shape index (κ3) is 5.26. The lowest BCUT2D eigenvalue weighted by atomic mass is 10.4. The summed E-state index contributed by atoms with van der Waals surface area (Å²) >= 11 is 0. The molecule has 0 amide bonds. The molecule has 0 fully saturated rings. The van der Waals surface area contributed by atoms with Gasteiger partial charge in [0.15, 0.2) is 0 Å². The van der Waals surface area contributed by atoms with Gasteiger partial charge in [-0.15, -0.1) is 0 Å². The summed E-state index contributed by atoms with van der Waals surface area (Å²) in [6.45, 7) is 2.67. The molecule has 0 bridgehead atoms. The third-order valence-electron chi connectivity index (χ3n) is 1.10. The summed E-state index contributed by atoms with van der Waals surface area (Å²) in [4.78, 5) is 12.3. The van der Waals surface area contributed by atoms with Gasteiger partial charge in [0.1, 0.15) is 5.78 Å². The Labute approximate surface area is 61.2 Å². The first-order valence-electron chi connectivity index (χ1n) is 3.21. The van der Waals surface area contributed by atoms with Gasteiger partial charge in [-0.25, -0.2) is 0 Å². The maximum absolute atomic E-state index is 10.5. The van der Waals surface area contributed by atoms with E-state index in [1.54, 1.807) is 6.92 Å². The summed E-state index contributed by atoms with van der Waals surface area (Å²) < 4.78 is 0. The van der Waals surface area contributed by atoms with E-state index in [1.807, 2.05) is 18.0 Å². The molecule has 0 saturated carbocycles. The van der Waals surface area contributed by atoms with Crippen molar-refractivity contribution in [3.05, 3.63) is 0 Å². The lowest BCUT2D eigenvalue weighted by molar-refractivity contribution is -0.117. The van der Waals surface area contributed by atoms with Crippen molar-refractivity contribution >= 4 is 5.78 Å². The van der Waals surface area contributed by atoms with E-state index in [-0.39, 0.29) is 5.78 Å². The van der Waals surface area contributed by atoms with E-state index >= 15 is 0 Å². The minimum atomic E-state index is 0.139. The van der Waals surface area contributed by atoms with Crippen LogP contribution in [-0.2, 0) is 4.79 Å². The molecule has 3 heteroatoms. The third-order valence-corrected chi connectivity index (χ3v) is 1.10. The number of ketones is 1. The first-order valence-corrected chi connectivity index (χ1v) is 3.21. The van der Waals surface area contributed by atoms with Crippen molar-refractivity contribution in [1.29, 1.82) is 5.26 Å². The van der Waals surface area contributed by atoms with Crippen molar-refractivity contribution in [1.82, 2.24) is 4.90 Å². The second kappa shape index (κ2) is 4.95. The molecule has 0 rings (SSSR count). The van der Waals surface area contributed by atoms with Gasteiger partial charge in [0.2, 0.25) is 0 Å². The Bertz CT molecular complexity index is 148. The first-order chi connectivity index (χ1) is 4.66. The second-order valence-corrected chi connectivity index (χ2v) is 2.35. The molecule has 0 unspecified atom stereocenters. The van der Waals surface area contributed by atoms with Crippen LogP contribution in [0.3, 0.4) is 0 Å². The molecule has 0 aliphatic heterocycles. The van der Waals surface area contributed by atoms with E-state index in [1.165, 1.54) is 0 Å². The van der Waals surface area contributed by atoms with Gasteiger partial charge in [-0.2, -0.15) is 5.26 Å². The molecule has 0 N–H and O–H groups in total. The van der Waals surface area contributed by atoms with Crippen molar-refractivity contribution in [2.75, 3.05) is 20.1 Å². The van der Waals surface area contributed by atoms with Crippen LogP contribution in [0.25, 0.3) is 0 Å². The number of carbonyl (C=O) groups is 1. The van der Waals surface area contributed by atoms with Crippen LogP contribution in [-0.4, -0.2) is 30.8 Å². The van der Waals surface area contributed by atoms with Gasteiger partial charge < -0.3 is 0 Å². The van der Waals surface area contributed by atoms with E-state index in [0.29, 0.717) is 19.5 Å². The molecule has 10 heavy (non-hydrogen) atoms. The average molecular weight is 140 g/mol. The van der Waals surface area contributed by atoms with Crippen LogP contribution in [0, 0.1) is 11.3 Å². The van der Waals surface area contributed by atoms with Gasteiger partial charge in [0, 0.05) is 13.0 Å². The van der Waals surface area contributed by atoms with Gasteiger partial charge in [-0.3, -0.25) is 9.69 Å². The Morgan fingerprint density at radius 2 is 2.30 bits per heavy atom. The van der Waals surface area contributed by atoms with Crippen LogP contribution in [0.1, 0.15) is 13.3 Å². The van der Waals surface area contributed by atoms with Crippen molar-refractivity contribution in [3.8, 4) is 6.07 Å². The van der Waals surface area contributed by atoms with Gasteiger partial charge in [-0.05, 0) is 14.0 Å². The topological polar surface area (TPSA) is 44.1 Å². The van der Waals surface area contributed by atoms with Gasteiger partial charge in [-0.1, -0.05) is 0 Å². The number of hydrogen-bond donors (Lipinski definition) is 0. The van der Waals surface area contributed by atoms with Crippen LogP contribution >= 0.6 is 0 Å². The Morgan fingerprint density at radius 3 is 2.70 bits per heavy atom. The highest BCUT2D eigenvalue weighted by Gasteiger charge is 1.99. The molecule has 0 aliphatic carbocycles. The summed E-state index contributed by atoms with van der Waals surface area (Å²) in [5.74, 6) is 0.139. The fourth-order valence-corrected chi connectivity index (χ4v) is 0.700. The quantitative estimate of drug-likeness (QED) is 0.568. The fourth-order valence-electron chi connectivity index (χ4n) is 0.700. The number of nitriles is 1. The monoisotopic (exact) mass is 140 g/mol. The van der Waals surface area contributed by atoms with Crippen LogP contribution in [0.5, 0.6) is 0 Å². The van der Waals surface area contributed by atoms with Crippen LogP contribution in [0.4, 0.5) is 0 Å². The fraction of sp³-hybridized carbons (Fsp3) is 0.714.